The van der Waals surface area contributed by atoms with Crippen LogP contribution in [0.5, 0.6) is 51.7 Å². The zero-order valence-electron chi connectivity index (χ0n) is 22.9. The standard InChI is InChI=1S/C32H32O8/c1-36-21-11-6-18(7-12-21)5-10-20-16-26(38-3)29(35)31-27(20)23(15-19-8-13-22(37-2)14-9-19)24-17-25(33)28(34)32(39-4)30(24)40-31/h6-9,11-14,16-17,23,33-35H,5,10,15H2,1-4H3/t23-/m0/s1. The first-order chi connectivity index (χ1) is 19.4. The van der Waals surface area contributed by atoms with Gasteiger partial charge < -0.3 is 39.0 Å². The van der Waals surface area contributed by atoms with Crippen molar-refractivity contribution in [3.05, 3.63) is 88.5 Å². The van der Waals surface area contributed by atoms with Crippen LogP contribution in [0.15, 0.2) is 60.7 Å². The second-order valence-corrected chi connectivity index (χ2v) is 9.58. The van der Waals surface area contributed by atoms with E-state index in [1.54, 1.807) is 14.2 Å². The van der Waals surface area contributed by atoms with E-state index in [0.717, 1.165) is 40.2 Å². The number of hydrogen-bond acceptors (Lipinski definition) is 8. The van der Waals surface area contributed by atoms with Crippen LogP contribution in [-0.4, -0.2) is 43.8 Å². The average molecular weight is 545 g/mol. The second-order valence-electron chi connectivity index (χ2n) is 9.58. The quantitative estimate of drug-likeness (QED) is 0.217. The first-order valence-corrected chi connectivity index (χ1v) is 12.9. The third-order valence-electron chi connectivity index (χ3n) is 7.36. The van der Waals surface area contributed by atoms with Crippen LogP contribution in [0.2, 0.25) is 0 Å². The number of hydrogen-bond donors (Lipinski definition) is 3. The number of methoxy groups -OCH3 is 4. The maximum Gasteiger partial charge on any atom is 0.208 e. The second kappa shape index (κ2) is 11.2. The Morgan fingerprint density at radius 2 is 1.30 bits per heavy atom. The molecule has 5 rings (SSSR count). The molecule has 0 amide bonds. The number of benzene rings is 4. The van der Waals surface area contributed by atoms with E-state index in [9.17, 15) is 15.3 Å². The van der Waals surface area contributed by atoms with Gasteiger partial charge >= 0.3 is 0 Å². The Balaban J connectivity index is 1.66. The molecule has 3 N–H and O–H groups in total. The van der Waals surface area contributed by atoms with Crippen molar-refractivity contribution in [1.82, 2.24) is 0 Å². The van der Waals surface area contributed by atoms with Gasteiger partial charge in [-0.05, 0) is 72.4 Å². The first-order valence-electron chi connectivity index (χ1n) is 12.9. The van der Waals surface area contributed by atoms with Gasteiger partial charge in [0.1, 0.15) is 11.5 Å². The van der Waals surface area contributed by atoms with Gasteiger partial charge in [0.2, 0.25) is 17.2 Å². The van der Waals surface area contributed by atoms with Gasteiger partial charge in [-0.1, -0.05) is 24.3 Å². The lowest BCUT2D eigenvalue weighted by atomic mass is 9.79. The Labute approximate surface area is 232 Å². The zero-order valence-corrected chi connectivity index (χ0v) is 22.9. The van der Waals surface area contributed by atoms with Crippen LogP contribution in [-0.2, 0) is 19.3 Å². The highest BCUT2D eigenvalue weighted by atomic mass is 16.5. The van der Waals surface area contributed by atoms with Gasteiger partial charge in [-0.15, -0.1) is 0 Å². The van der Waals surface area contributed by atoms with E-state index in [4.69, 9.17) is 23.7 Å². The molecule has 0 unspecified atom stereocenters. The van der Waals surface area contributed by atoms with Crippen molar-refractivity contribution < 1.29 is 39.0 Å². The molecule has 0 saturated heterocycles. The maximum atomic E-state index is 11.2. The minimum atomic E-state index is -0.435. The van der Waals surface area contributed by atoms with Crippen molar-refractivity contribution in [2.75, 3.05) is 28.4 Å². The number of phenolic OH excluding ortho intramolecular Hbond substituents is 3. The summed E-state index contributed by atoms with van der Waals surface area (Å²) < 4.78 is 27.9. The summed E-state index contributed by atoms with van der Waals surface area (Å²) in [5, 5.41) is 32.4. The summed E-state index contributed by atoms with van der Waals surface area (Å²) in [5.41, 5.74) is 4.46. The number of aryl methyl sites for hydroxylation is 2. The lowest BCUT2D eigenvalue weighted by Gasteiger charge is -2.32. The molecule has 0 bridgehead atoms. The molecule has 1 aliphatic rings. The van der Waals surface area contributed by atoms with E-state index in [0.29, 0.717) is 18.4 Å². The highest BCUT2D eigenvalue weighted by molar-refractivity contribution is 5.71. The van der Waals surface area contributed by atoms with Gasteiger partial charge in [-0.2, -0.15) is 0 Å². The minimum Gasteiger partial charge on any atom is -0.504 e. The van der Waals surface area contributed by atoms with Crippen molar-refractivity contribution in [2.45, 2.75) is 25.2 Å². The SMILES string of the molecule is COc1ccc(CCc2cc(OC)c(O)c3c2[C@@H](Cc2ccc(OC)cc2)c2cc(O)c(O)c(OC)c2O3)cc1. The monoisotopic (exact) mass is 544 g/mol. The van der Waals surface area contributed by atoms with E-state index in [-0.39, 0.29) is 40.4 Å². The molecule has 8 nitrogen and oxygen atoms in total. The van der Waals surface area contributed by atoms with Crippen LogP contribution < -0.4 is 23.7 Å². The number of rotatable bonds is 9. The smallest absolute Gasteiger partial charge is 0.208 e. The van der Waals surface area contributed by atoms with Crippen molar-refractivity contribution in [3.63, 3.8) is 0 Å². The molecule has 0 aromatic heterocycles. The zero-order chi connectivity index (χ0) is 28.4. The van der Waals surface area contributed by atoms with Gasteiger partial charge in [-0.25, -0.2) is 0 Å². The normalized spacial score (nSPS) is 13.6. The Hall–Kier alpha value is -4.72. The Morgan fingerprint density at radius 3 is 1.88 bits per heavy atom. The van der Waals surface area contributed by atoms with Crippen molar-refractivity contribution in [1.29, 1.82) is 0 Å². The fraction of sp³-hybridized carbons (Fsp3) is 0.250. The first kappa shape index (κ1) is 26.9. The predicted molar refractivity (Wildman–Crippen MR) is 150 cm³/mol. The molecule has 208 valence electrons. The molecule has 0 aliphatic carbocycles. The minimum absolute atomic E-state index is 0.0117. The lowest BCUT2D eigenvalue weighted by molar-refractivity contribution is 0.313. The summed E-state index contributed by atoms with van der Waals surface area (Å²) in [5.74, 6) is 1.000. The summed E-state index contributed by atoms with van der Waals surface area (Å²) in [6, 6.07) is 19.0. The van der Waals surface area contributed by atoms with E-state index in [2.05, 4.69) is 0 Å². The molecule has 1 aliphatic heterocycles. The summed E-state index contributed by atoms with van der Waals surface area (Å²) in [6.45, 7) is 0. The molecule has 1 atom stereocenters. The summed E-state index contributed by atoms with van der Waals surface area (Å²) in [7, 11) is 6.13. The Morgan fingerprint density at radius 1 is 0.675 bits per heavy atom. The Kier molecular flexibility index (Phi) is 7.51. The third-order valence-corrected chi connectivity index (χ3v) is 7.36. The fourth-order valence-corrected chi connectivity index (χ4v) is 5.27. The molecule has 1 heterocycles. The number of ether oxygens (including phenoxy) is 5. The largest absolute Gasteiger partial charge is 0.504 e. The molecular formula is C32H32O8. The molecule has 0 spiro atoms. The van der Waals surface area contributed by atoms with Crippen molar-refractivity contribution in [2.24, 2.45) is 0 Å². The summed E-state index contributed by atoms with van der Waals surface area (Å²) in [4.78, 5) is 0. The lowest BCUT2D eigenvalue weighted by Crippen LogP contribution is -2.17. The van der Waals surface area contributed by atoms with Crippen LogP contribution in [0.1, 0.15) is 33.7 Å². The molecule has 4 aromatic carbocycles. The number of aromatic hydroxyl groups is 3. The molecule has 0 fully saturated rings. The Bertz CT molecular complexity index is 1510. The van der Waals surface area contributed by atoms with E-state index >= 15 is 0 Å². The highest BCUT2D eigenvalue weighted by Crippen LogP contribution is 2.59. The maximum absolute atomic E-state index is 11.2. The topological polar surface area (TPSA) is 107 Å². The van der Waals surface area contributed by atoms with Crippen molar-refractivity contribution >= 4 is 0 Å². The van der Waals surface area contributed by atoms with Crippen LogP contribution in [0, 0.1) is 0 Å². The molecular weight excluding hydrogens is 512 g/mol. The molecule has 8 heteroatoms. The van der Waals surface area contributed by atoms with E-state index in [1.807, 2.05) is 54.6 Å². The number of phenols is 3. The van der Waals surface area contributed by atoms with Gasteiger partial charge in [0.25, 0.3) is 0 Å². The molecule has 0 saturated carbocycles. The van der Waals surface area contributed by atoms with E-state index in [1.165, 1.54) is 20.3 Å². The van der Waals surface area contributed by atoms with Crippen LogP contribution in [0.25, 0.3) is 0 Å². The third kappa shape index (κ3) is 4.88. The fourth-order valence-electron chi connectivity index (χ4n) is 5.27. The molecule has 40 heavy (non-hydrogen) atoms. The van der Waals surface area contributed by atoms with Gasteiger partial charge in [0, 0.05) is 17.0 Å². The predicted octanol–water partition coefficient (Wildman–Crippen LogP) is 6.10. The average Bonchev–Trinajstić information content (AvgIpc) is 2.98. The van der Waals surface area contributed by atoms with Crippen LogP contribution in [0.4, 0.5) is 0 Å². The number of fused-ring (bicyclic) bond motifs is 2. The molecule has 0 radical (unpaired) electrons. The van der Waals surface area contributed by atoms with Gasteiger partial charge in [-0.3, -0.25) is 0 Å². The highest BCUT2D eigenvalue weighted by Gasteiger charge is 2.37. The van der Waals surface area contributed by atoms with Crippen LogP contribution >= 0.6 is 0 Å². The van der Waals surface area contributed by atoms with Crippen LogP contribution in [0.3, 0.4) is 0 Å². The molecule has 4 aromatic rings. The van der Waals surface area contributed by atoms with Gasteiger partial charge in [0.15, 0.2) is 23.0 Å². The van der Waals surface area contributed by atoms with Crippen molar-refractivity contribution in [3.8, 4) is 51.7 Å². The summed E-state index contributed by atoms with van der Waals surface area (Å²) >= 11 is 0. The summed E-state index contributed by atoms with van der Waals surface area (Å²) in [6.07, 6.45) is 1.86. The van der Waals surface area contributed by atoms with Gasteiger partial charge in [0.05, 0.1) is 28.4 Å². The van der Waals surface area contributed by atoms with E-state index < -0.39 is 5.75 Å².